The van der Waals surface area contributed by atoms with Gasteiger partial charge in [0.1, 0.15) is 0 Å². The summed E-state index contributed by atoms with van der Waals surface area (Å²) in [7, 11) is 0. The minimum absolute atomic E-state index is 0.0308. The molecule has 6 nitrogen and oxygen atoms in total. The number of anilines is 1. The first-order chi connectivity index (χ1) is 14.4. The molecular weight excluding hydrogens is 400 g/mol. The van der Waals surface area contributed by atoms with Gasteiger partial charge in [0.15, 0.2) is 11.5 Å². The van der Waals surface area contributed by atoms with Crippen LogP contribution in [0.15, 0.2) is 47.4 Å². The number of hydrogen-bond acceptors (Lipinski definition) is 5. The third kappa shape index (κ3) is 6.16. The van der Waals surface area contributed by atoms with Crippen molar-refractivity contribution in [2.24, 2.45) is 5.92 Å². The molecule has 160 valence electrons. The van der Waals surface area contributed by atoms with Crippen LogP contribution in [0.3, 0.4) is 0 Å². The fourth-order valence-electron chi connectivity index (χ4n) is 3.21. The highest BCUT2D eigenvalue weighted by Gasteiger charge is 2.21. The molecule has 0 bridgehead atoms. The van der Waals surface area contributed by atoms with Crippen LogP contribution in [0.4, 0.5) is 5.69 Å². The summed E-state index contributed by atoms with van der Waals surface area (Å²) in [5, 5.41) is 5.88. The van der Waals surface area contributed by atoms with E-state index >= 15 is 0 Å². The normalized spacial score (nSPS) is 14.0. The number of fused-ring (bicyclic) bond motifs is 1. The van der Waals surface area contributed by atoms with Gasteiger partial charge in [-0.05, 0) is 47.9 Å². The number of rotatable bonds is 7. The Balaban J connectivity index is 1.60. The lowest BCUT2D eigenvalue weighted by atomic mass is 9.95. The average Bonchev–Trinajstić information content (AvgIpc) is 2.95. The molecule has 0 spiro atoms. The van der Waals surface area contributed by atoms with Crippen molar-refractivity contribution in [3.63, 3.8) is 0 Å². The van der Waals surface area contributed by atoms with Crippen LogP contribution >= 0.6 is 11.8 Å². The molecule has 1 unspecified atom stereocenters. The van der Waals surface area contributed by atoms with Gasteiger partial charge in [-0.15, -0.1) is 11.8 Å². The highest BCUT2D eigenvalue weighted by Crippen LogP contribution is 2.34. The second kappa shape index (κ2) is 10.4. The first-order valence-corrected chi connectivity index (χ1v) is 11.1. The zero-order valence-corrected chi connectivity index (χ0v) is 18.4. The Kier molecular flexibility index (Phi) is 7.63. The third-order valence-corrected chi connectivity index (χ3v) is 5.67. The van der Waals surface area contributed by atoms with Gasteiger partial charge < -0.3 is 20.1 Å². The largest absolute Gasteiger partial charge is 0.490 e. The summed E-state index contributed by atoms with van der Waals surface area (Å²) >= 11 is 1.46. The lowest BCUT2D eigenvalue weighted by Gasteiger charge is -2.24. The summed E-state index contributed by atoms with van der Waals surface area (Å²) in [4.78, 5) is 24.7. The minimum atomic E-state index is -0.114. The van der Waals surface area contributed by atoms with Gasteiger partial charge in [0.2, 0.25) is 11.8 Å². The zero-order valence-electron chi connectivity index (χ0n) is 17.6. The molecule has 0 fully saturated rings. The molecular formula is C23H28N2O4S. The van der Waals surface area contributed by atoms with Gasteiger partial charge in [0, 0.05) is 23.9 Å². The van der Waals surface area contributed by atoms with E-state index in [1.807, 2.05) is 42.5 Å². The molecule has 0 saturated heterocycles. The molecule has 1 heterocycles. The number of nitrogens with one attached hydrogen (secondary N) is 2. The number of hydrogen-bond donors (Lipinski definition) is 2. The Morgan fingerprint density at radius 1 is 1.03 bits per heavy atom. The van der Waals surface area contributed by atoms with Crippen LogP contribution in [0.25, 0.3) is 0 Å². The monoisotopic (exact) mass is 428 g/mol. The molecule has 1 atom stereocenters. The summed E-state index contributed by atoms with van der Waals surface area (Å²) in [6, 6.07) is 13.2. The number of benzene rings is 2. The van der Waals surface area contributed by atoms with E-state index in [2.05, 4.69) is 24.5 Å². The predicted octanol–water partition coefficient (Wildman–Crippen LogP) is 4.41. The number of amides is 2. The highest BCUT2D eigenvalue weighted by molar-refractivity contribution is 8.00. The topological polar surface area (TPSA) is 76.7 Å². The molecule has 0 aliphatic carbocycles. The summed E-state index contributed by atoms with van der Waals surface area (Å²) < 4.78 is 11.5. The molecule has 2 aromatic rings. The molecule has 0 aromatic heterocycles. The maximum atomic E-state index is 12.6. The van der Waals surface area contributed by atoms with E-state index in [1.165, 1.54) is 18.7 Å². The molecule has 0 radical (unpaired) electrons. The fraction of sp³-hybridized carbons (Fsp3) is 0.391. The summed E-state index contributed by atoms with van der Waals surface area (Å²) in [6.07, 6.45) is 0.859. The molecule has 7 heteroatoms. The minimum Gasteiger partial charge on any atom is -0.490 e. The van der Waals surface area contributed by atoms with Crippen LogP contribution in [0.5, 0.6) is 11.5 Å². The van der Waals surface area contributed by atoms with Crippen molar-refractivity contribution in [2.45, 2.75) is 38.1 Å². The summed E-state index contributed by atoms with van der Waals surface area (Å²) in [5.74, 6) is 1.89. The van der Waals surface area contributed by atoms with E-state index in [9.17, 15) is 9.59 Å². The molecule has 2 N–H and O–H groups in total. The van der Waals surface area contributed by atoms with Crippen molar-refractivity contribution in [1.29, 1.82) is 0 Å². The van der Waals surface area contributed by atoms with Gasteiger partial charge in [-0.3, -0.25) is 9.59 Å². The van der Waals surface area contributed by atoms with Crippen molar-refractivity contribution in [2.75, 3.05) is 24.3 Å². The standard InChI is InChI=1S/C23H28N2O4S/c1-15(2)23(17-5-10-20-21(13-17)29-12-4-11-28-20)25-22(27)14-30-19-8-6-18(7-9-19)24-16(3)26/h5-10,13,15,23H,4,11-12,14H2,1-3H3,(H,24,26)(H,25,27). The smallest absolute Gasteiger partial charge is 0.230 e. The highest BCUT2D eigenvalue weighted by atomic mass is 32.2. The van der Waals surface area contributed by atoms with E-state index in [-0.39, 0.29) is 23.8 Å². The van der Waals surface area contributed by atoms with E-state index < -0.39 is 0 Å². The average molecular weight is 429 g/mol. The summed E-state index contributed by atoms with van der Waals surface area (Å²) in [6.45, 7) is 6.93. The SMILES string of the molecule is CC(=O)Nc1ccc(SCC(=O)NC(c2ccc3c(c2)OCCCO3)C(C)C)cc1. The quantitative estimate of drug-likeness (QED) is 0.639. The third-order valence-electron chi connectivity index (χ3n) is 4.66. The van der Waals surface area contributed by atoms with Gasteiger partial charge in [-0.2, -0.15) is 0 Å². The molecule has 30 heavy (non-hydrogen) atoms. The van der Waals surface area contributed by atoms with Crippen LogP contribution in [0.2, 0.25) is 0 Å². The molecule has 1 aliphatic rings. The number of thioether (sulfide) groups is 1. The Bertz CT molecular complexity index is 883. The van der Waals surface area contributed by atoms with Crippen molar-refractivity contribution in [3.8, 4) is 11.5 Å². The summed E-state index contributed by atoms with van der Waals surface area (Å²) in [5.41, 5.74) is 1.75. The van der Waals surface area contributed by atoms with Gasteiger partial charge in [0.05, 0.1) is 25.0 Å². The van der Waals surface area contributed by atoms with Crippen molar-refractivity contribution in [1.82, 2.24) is 5.32 Å². The van der Waals surface area contributed by atoms with Crippen molar-refractivity contribution < 1.29 is 19.1 Å². The van der Waals surface area contributed by atoms with Crippen LogP contribution in [-0.2, 0) is 9.59 Å². The predicted molar refractivity (Wildman–Crippen MR) is 119 cm³/mol. The number of carbonyl (C=O) groups excluding carboxylic acids is 2. The Hall–Kier alpha value is -2.67. The second-order valence-corrected chi connectivity index (χ2v) is 8.59. The lowest BCUT2D eigenvalue weighted by molar-refractivity contribution is -0.119. The maximum Gasteiger partial charge on any atom is 0.230 e. The second-order valence-electron chi connectivity index (χ2n) is 7.54. The molecule has 0 saturated carbocycles. The Labute approximate surface area is 181 Å². The Morgan fingerprint density at radius 3 is 2.40 bits per heavy atom. The molecule has 2 aromatic carbocycles. The lowest BCUT2D eigenvalue weighted by Crippen LogP contribution is -2.33. The zero-order chi connectivity index (χ0) is 21.5. The van der Waals surface area contributed by atoms with Gasteiger partial charge in [-0.25, -0.2) is 0 Å². The number of ether oxygens (including phenoxy) is 2. The fourth-order valence-corrected chi connectivity index (χ4v) is 3.92. The Morgan fingerprint density at radius 2 is 1.73 bits per heavy atom. The van der Waals surface area contributed by atoms with E-state index in [0.29, 0.717) is 19.0 Å². The first-order valence-electron chi connectivity index (χ1n) is 10.1. The van der Waals surface area contributed by atoms with Crippen molar-refractivity contribution >= 4 is 29.3 Å². The van der Waals surface area contributed by atoms with Crippen molar-refractivity contribution in [3.05, 3.63) is 48.0 Å². The van der Waals surface area contributed by atoms with E-state index in [0.717, 1.165) is 34.1 Å². The molecule has 1 aliphatic heterocycles. The first kappa shape index (κ1) is 22.0. The van der Waals surface area contributed by atoms with Crippen LogP contribution < -0.4 is 20.1 Å². The van der Waals surface area contributed by atoms with E-state index in [4.69, 9.17) is 9.47 Å². The maximum absolute atomic E-state index is 12.6. The van der Waals surface area contributed by atoms with Crippen LogP contribution in [-0.4, -0.2) is 30.8 Å². The van der Waals surface area contributed by atoms with Gasteiger partial charge in [0.25, 0.3) is 0 Å². The van der Waals surface area contributed by atoms with Gasteiger partial charge >= 0.3 is 0 Å². The molecule has 2 amide bonds. The molecule has 3 rings (SSSR count). The number of carbonyl (C=O) groups is 2. The van der Waals surface area contributed by atoms with E-state index in [1.54, 1.807) is 0 Å². The van der Waals surface area contributed by atoms with Gasteiger partial charge in [-0.1, -0.05) is 19.9 Å². The van der Waals surface area contributed by atoms with Crippen LogP contribution in [0, 0.1) is 5.92 Å². The van der Waals surface area contributed by atoms with Crippen LogP contribution in [0.1, 0.15) is 38.8 Å².